The number of benzene rings is 1. The molecule has 98 valence electrons. The lowest BCUT2D eigenvalue weighted by molar-refractivity contribution is -0.127. The van der Waals surface area contributed by atoms with E-state index in [0.29, 0.717) is 6.54 Å². The Kier molecular flexibility index (Phi) is 4.24. The van der Waals surface area contributed by atoms with Crippen LogP contribution in [-0.4, -0.2) is 42.6 Å². The molecule has 1 amide bonds. The van der Waals surface area contributed by atoms with E-state index in [1.807, 2.05) is 30.1 Å². The van der Waals surface area contributed by atoms with Crippen LogP contribution in [0, 0.1) is 0 Å². The van der Waals surface area contributed by atoms with Crippen molar-refractivity contribution >= 4 is 27.5 Å². The summed E-state index contributed by atoms with van der Waals surface area (Å²) in [5.74, 6) is 0.122. The average Bonchev–Trinajstić information content (AvgIpc) is 2.52. The van der Waals surface area contributed by atoms with Gasteiger partial charge in [-0.25, -0.2) is 0 Å². The summed E-state index contributed by atoms with van der Waals surface area (Å²) in [5, 5.41) is 9.39. The zero-order valence-corrected chi connectivity index (χ0v) is 12.0. The summed E-state index contributed by atoms with van der Waals surface area (Å²) in [5.41, 5.74) is 1.80. The summed E-state index contributed by atoms with van der Waals surface area (Å²) in [6.45, 7) is 1.99. The van der Waals surface area contributed by atoms with Gasteiger partial charge in [0.2, 0.25) is 5.91 Å². The van der Waals surface area contributed by atoms with Gasteiger partial charge in [0.1, 0.15) is 0 Å². The molecule has 1 heterocycles. The SMILES string of the molecule is CN1CCCN(c2cc(Br)ccc2CO)CC1=O. The first-order chi connectivity index (χ1) is 8.61. The number of nitrogens with zero attached hydrogens (tertiary/aromatic N) is 2. The molecule has 0 unspecified atom stereocenters. The van der Waals surface area contributed by atoms with E-state index in [0.717, 1.165) is 35.2 Å². The van der Waals surface area contributed by atoms with Gasteiger partial charge in [-0.3, -0.25) is 4.79 Å². The molecule has 0 aliphatic carbocycles. The smallest absolute Gasteiger partial charge is 0.241 e. The molecule has 1 N–H and O–H groups in total. The molecular formula is C13H17BrN2O2. The molecule has 18 heavy (non-hydrogen) atoms. The zero-order valence-electron chi connectivity index (χ0n) is 10.4. The van der Waals surface area contributed by atoms with Crippen molar-refractivity contribution in [2.45, 2.75) is 13.0 Å². The number of hydrogen-bond donors (Lipinski definition) is 1. The number of anilines is 1. The Balaban J connectivity index is 2.29. The average molecular weight is 313 g/mol. The van der Waals surface area contributed by atoms with Gasteiger partial charge < -0.3 is 14.9 Å². The Bertz CT molecular complexity index is 451. The first-order valence-electron chi connectivity index (χ1n) is 6.00. The van der Waals surface area contributed by atoms with Crippen molar-refractivity contribution < 1.29 is 9.90 Å². The van der Waals surface area contributed by atoms with Crippen LogP contribution >= 0.6 is 15.9 Å². The molecule has 5 heteroatoms. The Morgan fingerprint density at radius 1 is 1.39 bits per heavy atom. The minimum Gasteiger partial charge on any atom is -0.392 e. The van der Waals surface area contributed by atoms with Crippen LogP contribution in [0.1, 0.15) is 12.0 Å². The molecule has 0 bridgehead atoms. The van der Waals surface area contributed by atoms with Crippen LogP contribution in [0.2, 0.25) is 0 Å². The summed E-state index contributed by atoms with van der Waals surface area (Å²) in [7, 11) is 1.83. The molecule has 0 aromatic heterocycles. The highest BCUT2D eigenvalue weighted by Crippen LogP contribution is 2.26. The predicted octanol–water partition coefficient (Wildman–Crippen LogP) is 1.61. The maximum atomic E-state index is 11.9. The number of carbonyl (C=O) groups is 1. The summed E-state index contributed by atoms with van der Waals surface area (Å²) >= 11 is 3.43. The van der Waals surface area contributed by atoms with Gasteiger partial charge in [-0.05, 0) is 18.6 Å². The third-order valence-corrected chi connectivity index (χ3v) is 3.73. The second-order valence-electron chi connectivity index (χ2n) is 4.52. The van der Waals surface area contributed by atoms with Crippen molar-refractivity contribution in [1.29, 1.82) is 0 Å². The molecule has 0 atom stereocenters. The second kappa shape index (κ2) is 5.71. The Hall–Kier alpha value is -1.07. The summed E-state index contributed by atoms with van der Waals surface area (Å²) in [6, 6.07) is 5.75. The van der Waals surface area contributed by atoms with Gasteiger partial charge in [-0.1, -0.05) is 22.0 Å². The van der Waals surface area contributed by atoms with Crippen LogP contribution in [0.5, 0.6) is 0 Å². The Labute approximate surface area is 115 Å². The molecule has 1 aliphatic heterocycles. The maximum absolute atomic E-state index is 11.9. The lowest BCUT2D eigenvalue weighted by Crippen LogP contribution is -2.34. The molecule has 2 rings (SSSR count). The highest BCUT2D eigenvalue weighted by atomic mass is 79.9. The van der Waals surface area contributed by atoms with Crippen molar-refractivity contribution in [1.82, 2.24) is 4.90 Å². The normalized spacial score (nSPS) is 16.9. The lowest BCUT2D eigenvalue weighted by atomic mass is 10.1. The molecule has 0 radical (unpaired) electrons. The van der Waals surface area contributed by atoms with E-state index in [4.69, 9.17) is 0 Å². The lowest BCUT2D eigenvalue weighted by Gasteiger charge is -2.24. The van der Waals surface area contributed by atoms with Gasteiger partial charge in [0.15, 0.2) is 0 Å². The van der Waals surface area contributed by atoms with E-state index >= 15 is 0 Å². The summed E-state index contributed by atoms with van der Waals surface area (Å²) in [6.07, 6.45) is 0.944. The fraction of sp³-hybridized carbons (Fsp3) is 0.462. The molecule has 4 nitrogen and oxygen atoms in total. The summed E-state index contributed by atoms with van der Waals surface area (Å²) in [4.78, 5) is 15.7. The van der Waals surface area contributed by atoms with Gasteiger partial charge in [-0.15, -0.1) is 0 Å². The molecular weight excluding hydrogens is 296 g/mol. The van der Waals surface area contributed by atoms with Crippen LogP contribution < -0.4 is 4.90 Å². The zero-order chi connectivity index (χ0) is 13.1. The van der Waals surface area contributed by atoms with E-state index < -0.39 is 0 Å². The first-order valence-corrected chi connectivity index (χ1v) is 6.79. The summed E-state index contributed by atoms with van der Waals surface area (Å²) < 4.78 is 0.958. The standard InChI is InChI=1S/C13H17BrN2O2/c1-15-5-2-6-16(8-13(15)18)12-7-11(14)4-3-10(12)9-17/h3-4,7,17H,2,5-6,8-9H2,1H3. The van der Waals surface area contributed by atoms with Crippen molar-refractivity contribution in [3.05, 3.63) is 28.2 Å². The highest BCUT2D eigenvalue weighted by Gasteiger charge is 2.20. The number of hydrogen-bond acceptors (Lipinski definition) is 3. The van der Waals surface area contributed by atoms with Gasteiger partial charge in [0, 0.05) is 35.9 Å². The number of amides is 1. The predicted molar refractivity (Wildman–Crippen MR) is 74.5 cm³/mol. The largest absolute Gasteiger partial charge is 0.392 e. The van der Waals surface area contributed by atoms with Crippen LogP contribution in [-0.2, 0) is 11.4 Å². The third kappa shape index (κ3) is 2.84. The Morgan fingerprint density at radius 3 is 2.89 bits per heavy atom. The monoisotopic (exact) mass is 312 g/mol. The van der Waals surface area contributed by atoms with E-state index in [2.05, 4.69) is 15.9 Å². The number of aliphatic hydroxyl groups excluding tert-OH is 1. The molecule has 1 aromatic carbocycles. The fourth-order valence-electron chi connectivity index (χ4n) is 2.16. The maximum Gasteiger partial charge on any atom is 0.241 e. The molecule has 1 aromatic rings. The topological polar surface area (TPSA) is 43.8 Å². The van der Waals surface area contributed by atoms with Crippen LogP contribution in [0.3, 0.4) is 0 Å². The van der Waals surface area contributed by atoms with Gasteiger partial charge in [-0.2, -0.15) is 0 Å². The molecule has 1 fully saturated rings. The number of aliphatic hydroxyl groups is 1. The van der Waals surface area contributed by atoms with Crippen LogP contribution in [0.15, 0.2) is 22.7 Å². The molecule has 0 saturated carbocycles. The number of carbonyl (C=O) groups excluding carboxylic acids is 1. The molecule has 1 saturated heterocycles. The van der Waals surface area contributed by atoms with E-state index in [-0.39, 0.29) is 12.5 Å². The fourth-order valence-corrected chi connectivity index (χ4v) is 2.51. The first kappa shape index (κ1) is 13.4. The second-order valence-corrected chi connectivity index (χ2v) is 5.44. The van der Waals surface area contributed by atoms with Crippen LogP contribution in [0.25, 0.3) is 0 Å². The van der Waals surface area contributed by atoms with Crippen molar-refractivity contribution in [3.63, 3.8) is 0 Å². The van der Waals surface area contributed by atoms with Crippen LogP contribution in [0.4, 0.5) is 5.69 Å². The molecule has 1 aliphatic rings. The van der Waals surface area contributed by atoms with E-state index in [1.54, 1.807) is 4.90 Å². The highest BCUT2D eigenvalue weighted by molar-refractivity contribution is 9.10. The number of likely N-dealkylation sites (N-methyl/N-ethyl adjacent to an activating group) is 1. The number of rotatable bonds is 2. The minimum atomic E-state index is -0.0108. The van der Waals surface area contributed by atoms with Gasteiger partial charge in [0.25, 0.3) is 0 Å². The third-order valence-electron chi connectivity index (χ3n) is 3.23. The van der Waals surface area contributed by atoms with Gasteiger partial charge in [0.05, 0.1) is 13.2 Å². The van der Waals surface area contributed by atoms with E-state index in [9.17, 15) is 9.90 Å². The van der Waals surface area contributed by atoms with Gasteiger partial charge >= 0.3 is 0 Å². The Morgan fingerprint density at radius 2 is 2.17 bits per heavy atom. The minimum absolute atomic E-state index is 0.0108. The van der Waals surface area contributed by atoms with E-state index in [1.165, 1.54) is 0 Å². The van der Waals surface area contributed by atoms with Crippen molar-refractivity contribution in [3.8, 4) is 0 Å². The number of halogens is 1. The quantitative estimate of drug-likeness (QED) is 0.902. The molecule has 0 spiro atoms. The van der Waals surface area contributed by atoms with Crippen molar-refractivity contribution in [2.75, 3.05) is 31.6 Å². The van der Waals surface area contributed by atoms with Crippen molar-refractivity contribution in [2.24, 2.45) is 0 Å².